The third-order valence-electron chi connectivity index (χ3n) is 6.83. The fraction of sp³-hybridized carbons (Fsp3) is 0.400. The Bertz CT molecular complexity index is 1400. The molecule has 6 rings (SSSR count). The van der Waals surface area contributed by atoms with E-state index in [1.54, 1.807) is 29.2 Å². The molecule has 2 saturated heterocycles. The Morgan fingerprint density at radius 3 is 2.54 bits per heavy atom. The molecular weight excluding hydrogens is 500 g/mol. The summed E-state index contributed by atoms with van der Waals surface area (Å²) >= 11 is 0. The lowest BCUT2D eigenvalue weighted by Gasteiger charge is -2.31. The molecular formula is C25H26N4O7S. The van der Waals surface area contributed by atoms with Crippen LogP contribution < -0.4 is 9.47 Å². The largest absolute Gasteiger partial charge is 0.454 e. The predicted octanol–water partition coefficient (Wildman–Crippen LogP) is 2.51. The van der Waals surface area contributed by atoms with Crippen molar-refractivity contribution >= 4 is 15.9 Å². The molecule has 0 saturated carbocycles. The van der Waals surface area contributed by atoms with Crippen LogP contribution in [-0.4, -0.2) is 79.9 Å². The Kier molecular flexibility index (Phi) is 6.31. The fourth-order valence-corrected chi connectivity index (χ4v) is 6.20. The zero-order chi connectivity index (χ0) is 25.4. The zero-order valence-corrected chi connectivity index (χ0v) is 20.9. The highest BCUT2D eigenvalue weighted by molar-refractivity contribution is 7.89. The zero-order valence-electron chi connectivity index (χ0n) is 20.0. The van der Waals surface area contributed by atoms with Crippen molar-refractivity contribution in [3.63, 3.8) is 0 Å². The third-order valence-corrected chi connectivity index (χ3v) is 8.74. The van der Waals surface area contributed by atoms with Crippen molar-refractivity contribution < 1.29 is 31.8 Å². The van der Waals surface area contributed by atoms with Crippen molar-refractivity contribution in [2.45, 2.75) is 23.7 Å². The molecule has 0 radical (unpaired) electrons. The lowest BCUT2D eigenvalue weighted by Crippen LogP contribution is -2.40. The smallest absolute Gasteiger partial charge is 0.253 e. The molecule has 3 aromatic rings. The number of hydrogen-bond acceptors (Lipinski definition) is 9. The Hall–Kier alpha value is -3.48. The van der Waals surface area contributed by atoms with Gasteiger partial charge in [-0.15, -0.1) is 10.2 Å². The van der Waals surface area contributed by atoms with Crippen LogP contribution in [0.1, 0.15) is 35.0 Å². The summed E-state index contributed by atoms with van der Waals surface area (Å²) in [6.07, 6.45) is 1.62. The van der Waals surface area contributed by atoms with Gasteiger partial charge < -0.3 is 23.5 Å². The fourth-order valence-electron chi connectivity index (χ4n) is 4.80. The number of carbonyl (C=O) groups is 1. The lowest BCUT2D eigenvalue weighted by molar-refractivity contribution is 0.0698. The van der Waals surface area contributed by atoms with Crippen molar-refractivity contribution in [2.24, 2.45) is 0 Å². The van der Waals surface area contributed by atoms with Gasteiger partial charge in [0.25, 0.3) is 5.91 Å². The SMILES string of the molecule is O=C(c1ccc(S(=O)(=O)N2CCOCC2)cc1)N1CCCC(c2nnc(-c3ccc4c(c3)OCO4)o2)C1. The second-order valence-corrected chi connectivity index (χ2v) is 11.1. The van der Waals surface area contributed by atoms with E-state index in [1.165, 1.54) is 16.4 Å². The summed E-state index contributed by atoms with van der Waals surface area (Å²) < 4.78 is 49.1. The molecule has 1 atom stereocenters. The van der Waals surface area contributed by atoms with Gasteiger partial charge in [0.05, 0.1) is 24.0 Å². The first kappa shape index (κ1) is 23.9. The van der Waals surface area contributed by atoms with Crippen LogP contribution in [0, 0.1) is 0 Å². The molecule has 3 aliphatic rings. The van der Waals surface area contributed by atoms with Gasteiger partial charge in [0.1, 0.15) is 0 Å². The number of nitrogens with zero attached hydrogens (tertiary/aromatic N) is 4. The minimum absolute atomic E-state index is 0.0890. The second kappa shape index (κ2) is 9.77. The van der Waals surface area contributed by atoms with Gasteiger partial charge >= 0.3 is 0 Å². The molecule has 1 aromatic heterocycles. The van der Waals surface area contributed by atoms with Crippen molar-refractivity contribution in [3.05, 3.63) is 53.9 Å². The highest BCUT2D eigenvalue weighted by Gasteiger charge is 2.30. The van der Waals surface area contributed by atoms with Crippen molar-refractivity contribution in [2.75, 3.05) is 46.2 Å². The number of aromatic nitrogens is 2. The van der Waals surface area contributed by atoms with Crippen LogP contribution in [0.3, 0.4) is 0 Å². The molecule has 12 heteroatoms. The van der Waals surface area contributed by atoms with Crippen LogP contribution in [0.2, 0.25) is 0 Å². The maximum Gasteiger partial charge on any atom is 0.253 e. The number of benzene rings is 2. The number of sulfonamides is 1. The molecule has 2 fully saturated rings. The minimum Gasteiger partial charge on any atom is -0.454 e. The Balaban J connectivity index is 1.14. The second-order valence-electron chi connectivity index (χ2n) is 9.14. The highest BCUT2D eigenvalue weighted by atomic mass is 32.2. The molecule has 1 unspecified atom stereocenters. The van der Waals surface area contributed by atoms with Crippen LogP contribution in [0.4, 0.5) is 0 Å². The monoisotopic (exact) mass is 526 g/mol. The first-order valence-electron chi connectivity index (χ1n) is 12.2. The number of morpholine rings is 1. The van der Waals surface area contributed by atoms with Gasteiger partial charge in [-0.05, 0) is 55.3 Å². The van der Waals surface area contributed by atoms with Crippen LogP contribution in [0.15, 0.2) is 51.8 Å². The van der Waals surface area contributed by atoms with E-state index < -0.39 is 10.0 Å². The first-order valence-corrected chi connectivity index (χ1v) is 13.6. The summed E-state index contributed by atoms with van der Waals surface area (Å²) in [5.41, 5.74) is 1.17. The van der Waals surface area contributed by atoms with E-state index in [0.717, 1.165) is 18.4 Å². The van der Waals surface area contributed by atoms with Crippen molar-refractivity contribution in [1.82, 2.24) is 19.4 Å². The van der Waals surface area contributed by atoms with E-state index in [-0.39, 0.29) is 23.5 Å². The van der Waals surface area contributed by atoms with Gasteiger partial charge in [-0.25, -0.2) is 8.42 Å². The van der Waals surface area contributed by atoms with Crippen LogP contribution in [0.5, 0.6) is 11.5 Å². The molecule has 11 nitrogen and oxygen atoms in total. The summed E-state index contributed by atoms with van der Waals surface area (Å²) in [5.74, 6) is 1.93. The molecule has 0 N–H and O–H groups in total. The quantitative estimate of drug-likeness (QED) is 0.493. The Morgan fingerprint density at radius 2 is 1.73 bits per heavy atom. The summed E-state index contributed by atoms with van der Waals surface area (Å²) in [4.78, 5) is 15.2. The number of piperidine rings is 1. The summed E-state index contributed by atoms with van der Waals surface area (Å²) in [6, 6.07) is 11.6. The average molecular weight is 527 g/mol. The molecule has 3 aliphatic heterocycles. The van der Waals surface area contributed by atoms with Gasteiger partial charge in [0.2, 0.25) is 28.6 Å². The van der Waals surface area contributed by atoms with Gasteiger partial charge in [-0.1, -0.05) is 0 Å². The minimum atomic E-state index is -3.61. The number of rotatable bonds is 5. The van der Waals surface area contributed by atoms with Gasteiger partial charge in [0, 0.05) is 37.3 Å². The van der Waals surface area contributed by atoms with Crippen molar-refractivity contribution in [3.8, 4) is 23.0 Å². The van der Waals surface area contributed by atoms with E-state index in [1.807, 2.05) is 6.07 Å². The highest BCUT2D eigenvalue weighted by Crippen LogP contribution is 2.36. The van der Waals surface area contributed by atoms with Gasteiger partial charge in [-0.3, -0.25) is 4.79 Å². The Labute approximate surface area is 214 Å². The summed E-state index contributed by atoms with van der Waals surface area (Å²) in [6.45, 7) is 2.64. The molecule has 0 aliphatic carbocycles. The molecule has 0 spiro atoms. The number of fused-ring (bicyclic) bond motifs is 1. The van der Waals surface area contributed by atoms with E-state index in [0.29, 0.717) is 68.2 Å². The molecule has 37 heavy (non-hydrogen) atoms. The standard InChI is InChI=1S/C25H26N4O7S/c30-25(17-3-6-20(7-4-17)37(31,32)29-10-12-33-13-11-29)28-9-1-2-19(15-28)24-27-26-23(36-24)18-5-8-21-22(14-18)35-16-34-21/h3-8,14,19H,1-2,9-13,15-16H2. The molecule has 4 heterocycles. The maximum atomic E-state index is 13.2. The van der Waals surface area contributed by atoms with Crippen LogP contribution in [-0.2, 0) is 14.8 Å². The molecule has 2 aromatic carbocycles. The molecule has 1 amide bonds. The van der Waals surface area contributed by atoms with E-state index in [2.05, 4.69) is 10.2 Å². The van der Waals surface area contributed by atoms with Gasteiger partial charge in [0.15, 0.2) is 11.5 Å². The number of hydrogen-bond donors (Lipinski definition) is 0. The predicted molar refractivity (Wildman–Crippen MR) is 130 cm³/mol. The molecule has 194 valence electrons. The number of ether oxygens (including phenoxy) is 3. The number of likely N-dealkylation sites (tertiary alicyclic amines) is 1. The van der Waals surface area contributed by atoms with E-state index in [4.69, 9.17) is 18.6 Å². The lowest BCUT2D eigenvalue weighted by atomic mass is 9.97. The molecule has 0 bridgehead atoms. The van der Waals surface area contributed by atoms with E-state index >= 15 is 0 Å². The van der Waals surface area contributed by atoms with Gasteiger partial charge in [-0.2, -0.15) is 4.31 Å². The van der Waals surface area contributed by atoms with Crippen molar-refractivity contribution in [1.29, 1.82) is 0 Å². The summed E-state index contributed by atoms with van der Waals surface area (Å²) in [5, 5.41) is 8.45. The maximum absolute atomic E-state index is 13.2. The average Bonchev–Trinajstić information content (AvgIpc) is 3.63. The van der Waals surface area contributed by atoms with E-state index in [9.17, 15) is 13.2 Å². The van der Waals surface area contributed by atoms with Crippen LogP contribution in [0.25, 0.3) is 11.5 Å². The number of amides is 1. The first-order chi connectivity index (χ1) is 18.0. The summed E-state index contributed by atoms with van der Waals surface area (Å²) in [7, 11) is -3.61. The normalized spacial score (nSPS) is 20.2. The third kappa shape index (κ3) is 4.67. The van der Waals surface area contributed by atoms with Crippen LogP contribution >= 0.6 is 0 Å². The topological polar surface area (TPSA) is 124 Å². The number of carbonyl (C=O) groups excluding carboxylic acids is 1. The Morgan fingerprint density at radius 1 is 0.946 bits per heavy atom.